The Morgan fingerprint density at radius 3 is 2.89 bits per heavy atom. The van der Waals surface area contributed by atoms with E-state index in [1.54, 1.807) is 7.11 Å². The van der Waals surface area contributed by atoms with Crippen LogP contribution in [0.5, 0.6) is 5.75 Å². The smallest absolute Gasteiger partial charge is 0.119 e. The van der Waals surface area contributed by atoms with Gasteiger partial charge in [0.25, 0.3) is 0 Å². The molecular formula is C16H26N2O. The Balaban J connectivity index is 2.36. The van der Waals surface area contributed by atoms with Crippen LogP contribution in [0.15, 0.2) is 36.9 Å². The molecule has 1 unspecified atom stereocenters. The second-order valence-electron chi connectivity index (χ2n) is 4.85. The zero-order valence-electron chi connectivity index (χ0n) is 11.9. The summed E-state index contributed by atoms with van der Waals surface area (Å²) >= 11 is 0. The standard InChI is InChI=1S/C16H26N2O/c1-3-4-5-6-7-10-15(18-17)12-14-9-8-11-16(13-14)19-2/h3,8-9,11,13,15,18H,1,4-7,10,12,17H2,2H3. The van der Waals surface area contributed by atoms with E-state index in [0.29, 0.717) is 6.04 Å². The van der Waals surface area contributed by atoms with Crippen LogP contribution in [-0.2, 0) is 6.42 Å². The Morgan fingerprint density at radius 1 is 1.37 bits per heavy atom. The van der Waals surface area contributed by atoms with E-state index in [0.717, 1.165) is 25.0 Å². The Kier molecular flexibility index (Phi) is 7.94. The highest BCUT2D eigenvalue weighted by atomic mass is 16.5. The van der Waals surface area contributed by atoms with Crippen molar-refractivity contribution in [2.45, 2.75) is 44.6 Å². The molecule has 1 aromatic rings. The van der Waals surface area contributed by atoms with Gasteiger partial charge in [0.1, 0.15) is 5.75 Å². The molecule has 0 bridgehead atoms. The number of ether oxygens (including phenoxy) is 1. The van der Waals surface area contributed by atoms with Crippen LogP contribution in [-0.4, -0.2) is 13.2 Å². The van der Waals surface area contributed by atoms with Crippen molar-refractivity contribution in [1.82, 2.24) is 5.43 Å². The van der Waals surface area contributed by atoms with Crippen LogP contribution in [0.25, 0.3) is 0 Å². The first-order chi connectivity index (χ1) is 9.30. The van der Waals surface area contributed by atoms with Gasteiger partial charge >= 0.3 is 0 Å². The van der Waals surface area contributed by atoms with E-state index < -0.39 is 0 Å². The molecule has 0 spiro atoms. The van der Waals surface area contributed by atoms with Gasteiger partial charge in [0.2, 0.25) is 0 Å². The van der Waals surface area contributed by atoms with Crippen LogP contribution in [0.2, 0.25) is 0 Å². The third kappa shape index (κ3) is 6.41. The zero-order valence-corrected chi connectivity index (χ0v) is 11.9. The average molecular weight is 262 g/mol. The van der Waals surface area contributed by atoms with Crippen molar-refractivity contribution in [2.24, 2.45) is 5.84 Å². The van der Waals surface area contributed by atoms with Crippen molar-refractivity contribution >= 4 is 0 Å². The van der Waals surface area contributed by atoms with E-state index in [9.17, 15) is 0 Å². The quantitative estimate of drug-likeness (QED) is 0.294. The van der Waals surface area contributed by atoms with E-state index in [1.807, 2.05) is 18.2 Å². The highest BCUT2D eigenvalue weighted by Crippen LogP contribution is 2.16. The summed E-state index contributed by atoms with van der Waals surface area (Å²) in [5.74, 6) is 6.54. The number of hydrogen-bond acceptors (Lipinski definition) is 3. The van der Waals surface area contributed by atoms with Crippen LogP contribution in [0.1, 0.15) is 37.7 Å². The van der Waals surface area contributed by atoms with Crippen molar-refractivity contribution in [3.8, 4) is 5.75 Å². The normalized spacial score (nSPS) is 12.1. The van der Waals surface area contributed by atoms with E-state index in [1.165, 1.54) is 24.8 Å². The molecule has 19 heavy (non-hydrogen) atoms. The largest absolute Gasteiger partial charge is 0.497 e. The summed E-state index contributed by atoms with van der Waals surface area (Å²) in [6, 6.07) is 8.50. The first-order valence-corrected chi connectivity index (χ1v) is 7.00. The van der Waals surface area contributed by atoms with Crippen LogP contribution in [0.3, 0.4) is 0 Å². The molecule has 0 fully saturated rings. The number of hydrogen-bond donors (Lipinski definition) is 2. The van der Waals surface area contributed by atoms with Crippen molar-refractivity contribution in [3.05, 3.63) is 42.5 Å². The molecule has 0 aliphatic rings. The number of hydrazine groups is 1. The summed E-state index contributed by atoms with van der Waals surface area (Å²) in [6.07, 6.45) is 8.79. The monoisotopic (exact) mass is 262 g/mol. The molecule has 1 aromatic carbocycles. The molecule has 0 saturated heterocycles. The molecule has 3 heteroatoms. The number of allylic oxidation sites excluding steroid dienone is 1. The molecule has 0 aromatic heterocycles. The van der Waals surface area contributed by atoms with Crippen molar-refractivity contribution in [2.75, 3.05) is 7.11 Å². The highest BCUT2D eigenvalue weighted by Gasteiger charge is 2.08. The molecular weight excluding hydrogens is 236 g/mol. The van der Waals surface area contributed by atoms with Gasteiger partial charge in [-0.15, -0.1) is 6.58 Å². The van der Waals surface area contributed by atoms with Gasteiger partial charge in [-0.1, -0.05) is 31.1 Å². The molecule has 0 heterocycles. The summed E-state index contributed by atoms with van der Waals surface area (Å²) < 4.78 is 5.23. The number of nitrogens with two attached hydrogens (primary N) is 1. The fourth-order valence-corrected chi connectivity index (χ4v) is 2.18. The highest BCUT2D eigenvalue weighted by molar-refractivity contribution is 5.28. The van der Waals surface area contributed by atoms with Gasteiger partial charge in [0, 0.05) is 6.04 Å². The molecule has 1 rings (SSSR count). The van der Waals surface area contributed by atoms with Gasteiger partial charge in [-0.3, -0.25) is 11.3 Å². The van der Waals surface area contributed by atoms with Crippen LogP contribution >= 0.6 is 0 Å². The SMILES string of the molecule is C=CCCCCCC(Cc1cccc(OC)c1)NN. The predicted molar refractivity (Wildman–Crippen MR) is 81.1 cm³/mol. The molecule has 3 N–H and O–H groups in total. The lowest BCUT2D eigenvalue weighted by Crippen LogP contribution is -2.36. The van der Waals surface area contributed by atoms with Crippen molar-refractivity contribution in [1.29, 1.82) is 0 Å². The third-order valence-electron chi connectivity index (χ3n) is 3.31. The zero-order chi connectivity index (χ0) is 13.9. The van der Waals surface area contributed by atoms with Crippen LogP contribution in [0.4, 0.5) is 0 Å². The lowest BCUT2D eigenvalue weighted by atomic mass is 10.0. The number of nitrogens with one attached hydrogen (secondary N) is 1. The summed E-state index contributed by atoms with van der Waals surface area (Å²) in [6.45, 7) is 3.74. The maximum atomic E-state index is 5.63. The Bertz CT molecular complexity index is 366. The second kappa shape index (κ2) is 9.59. The van der Waals surface area contributed by atoms with E-state index in [-0.39, 0.29) is 0 Å². The molecule has 0 aliphatic heterocycles. The molecule has 106 valence electrons. The molecule has 0 aliphatic carbocycles. The Hall–Kier alpha value is -1.32. The molecule has 0 radical (unpaired) electrons. The van der Waals surface area contributed by atoms with Crippen molar-refractivity contribution < 1.29 is 4.74 Å². The Labute approximate surface area is 116 Å². The first-order valence-electron chi connectivity index (χ1n) is 7.00. The predicted octanol–water partition coefficient (Wildman–Crippen LogP) is 3.21. The fraction of sp³-hybridized carbons (Fsp3) is 0.500. The minimum atomic E-state index is 0.329. The summed E-state index contributed by atoms with van der Waals surface area (Å²) in [7, 11) is 1.69. The first kappa shape index (κ1) is 15.7. The number of benzene rings is 1. The average Bonchev–Trinajstić information content (AvgIpc) is 2.46. The second-order valence-corrected chi connectivity index (χ2v) is 4.85. The van der Waals surface area contributed by atoms with Gasteiger partial charge in [-0.2, -0.15) is 0 Å². The molecule has 0 saturated carbocycles. The summed E-state index contributed by atoms with van der Waals surface area (Å²) in [4.78, 5) is 0. The summed E-state index contributed by atoms with van der Waals surface area (Å²) in [5.41, 5.74) is 4.18. The fourth-order valence-electron chi connectivity index (χ4n) is 2.18. The van der Waals surface area contributed by atoms with Gasteiger partial charge in [-0.25, -0.2) is 0 Å². The van der Waals surface area contributed by atoms with Crippen LogP contribution in [0, 0.1) is 0 Å². The third-order valence-corrected chi connectivity index (χ3v) is 3.31. The summed E-state index contributed by atoms with van der Waals surface area (Å²) in [5, 5.41) is 0. The van der Waals surface area contributed by atoms with E-state index in [4.69, 9.17) is 10.6 Å². The number of rotatable bonds is 10. The minimum Gasteiger partial charge on any atom is -0.497 e. The maximum Gasteiger partial charge on any atom is 0.119 e. The van der Waals surface area contributed by atoms with E-state index in [2.05, 4.69) is 24.1 Å². The Morgan fingerprint density at radius 2 is 2.21 bits per heavy atom. The van der Waals surface area contributed by atoms with E-state index >= 15 is 0 Å². The molecule has 3 nitrogen and oxygen atoms in total. The van der Waals surface area contributed by atoms with Gasteiger partial charge in [0.05, 0.1) is 7.11 Å². The molecule has 0 amide bonds. The maximum absolute atomic E-state index is 5.63. The molecule has 1 atom stereocenters. The van der Waals surface area contributed by atoms with Gasteiger partial charge in [0.15, 0.2) is 0 Å². The number of methoxy groups -OCH3 is 1. The lowest BCUT2D eigenvalue weighted by Gasteiger charge is -2.16. The number of unbranched alkanes of at least 4 members (excludes halogenated alkanes) is 3. The van der Waals surface area contributed by atoms with Gasteiger partial charge < -0.3 is 4.74 Å². The van der Waals surface area contributed by atoms with Crippen LogP contribution < -0.4 is 16.0 Å². The topological polar surface area (TPSA) is 47.3 Å². The lowest BCUT2D eigenvalue weighted by molar-refractivity contribution is 0.413. The van der Waals surface area contributed by atoms with Crippen molar-refractivity contribution in [3.63, 3.8) is 0 Å². The van der Waals surface area contributed by atoms with Gasteiger partial charge in [-0.05, 0) is 43.4 Å². The minimum absolute atomic E-state index is 0.329.